The summed E-state index contributed by atoms with van der Waals surface area (Å²) in [5.41, 5.74) is 1.36. The van der Waals surface area contributed by atoms with Gasteiger partial charge in [-0.05, 0) is 68.3 Å². The third kappa shape index (κ3) is 5.64. The molecule has 0 bridgehead atoms. The zero-order valence-corrected chi connectivity index (χ0v) is 21.4. The van der Waals surface area contributed by atoms with E-state index in [0.29, 0.717) is 5.92 Å². The number of allylic oxidation sites excluding steroid dienone is 1. The van der Waals surface area contributed by atoms with E-state index in [9.17, 15) is 4.79 Å². The molecule has 4 heteroatoms. The Morgan fingerprint density at radius 1 is 1.09 bits per heavy atom. The number of benzene rings is 2. The van der Waals surface area contributed by atoms with Gasteiger partial charge in [-0.15, -0.1) is 6.58 Å². The fourth-order valence-corrected chi connectivity index (χ4v) is 6.22. The molecule has 35 heavy (non-hydrogen) atoms. The molecule has 2 saturated carbocycles. The van der Waals surface area contributed by atoms with Crippen molar-refractivity contribution < 1.29 is 14.3 Å². The van der Waals surface area contributed by atoms with Crippen LogP contribution in [0.3, 0.4) is 0 Å². The first-order valence-corrected chi connectivity index (χ1v) is 13.3. The van der Waals surface area contributed by atoms with Crippen molar-refractivity contribution >= 4 is 5.97 Å². The Hall–Kier alpha value is -2.59. The van der Waals surface area contributed by atoms with E-state index in [2.05, 4.69) is 43.1 Å². The molecule has 188 valence electrons. The molecule has 4 rings (SSSR count). The van der Waals surface area contributed by atoms with Gasteiger partial charge in [-0.1, -0.05) is 74.2 Å². The average molecular weight is 476 g/mol. The molecule has 2 unspecified atom stereocenters. The van der Waals surface area contributed by atoms with Crippen LogP contribution >= 0.6 is 0 Å². The summed E-state index contributed by atoms with van der Waals surface area (Å²) in [5, 5.41) is 3.56. The minimum Gasteiger partial charge on any atom is -0.497 e. The number of esters is 1. The highest BCUT2D eigenvalue weighted by Gasteiger charge is 2.54. The van der Waals surface area contributed by atoms with Crippen LogP contribution in [0.2, 0.25) is 0 Å². The van der Waals surface area contributed by atoms with Crippen molar-refractivity contribution in [3.8, 4) is 5.75 Å². The van der Waals surface area contributed by atoms with E-state index in [1.807, 2.05) is 36.4 Å². The maximum atomic E-state index is 13.9. The Labute approximate surface area is 211 Å². The number of methoxy groups -OCH3 is 1. The lowest BCUT2D eigenvalue weighted by Crippen LogP contribution is -2.56. The predicted molar refractivity (Wildman–Crippen MR) is 141 cm³/mol. The van der Waals surface area contributed by atoms with Crippen LogP contribution in [0.25, 0.3) is 0 Å². The molecule has 0 radical (unpaired) electrons. The molecule has 0 aliphatic heterocycles. The van der Waals surface area contributed by atoms with Crippen LogP contribution in [0.5, 0.6) is 5.75 Å². The van der Waals surface area contributed by atoms with Crippen LogP contribution in [-0.2, 0) is 21.5 Å². The lowest BCUT2D eigenvalue weighted by molar-refractivity contribution is -0.194. The molecule has 2 fully saturated rings. The molecule has 2 aliphatic rings. The monoisotopic (exact) mass is 475 g/mol. The summed E-state index contributed by atoms with van der Waals surface area (Å²) in [5.74, 6) is 1.51. The summed E-state index contributed by atoms with van der Waals surface area (Å²) in [4.78, 5) is 13.9. The van der Waals surface area contributed by atoms with E-state index in [-0.39, 0.29) is 11.9 Å². The van der Waals surface area contributed by atoms with Crippen LogP contribution in [0.1, 0.15) is 69.4 Å². The topological polar surface area (TPSA) is 47.6 Å². The molecular weight excluding hydrogens is 434 g/mol. The number of nitrogens with one attached hydrogen (secondary N) is 1. The largest absolute Gasteiger partial charge is 0.497 e. The third-order valence-electron chi connectivity index (χ3n) is 8.34. The Balaban J connectivity index is 1.41. The normalized spacial score (nSPS) is 25.7. The minimum absolute atomic E-state index is 0.0232. The maximum Gasteiger partial charge on any atom is 0.317 e. The van der Waals surface area contributed by atoms with Crippen molar-refractivity contribution in [2.24, 2.45) is 11.8 Å². The lowest BCUT2D eigenvalue weighted by Gasteiger charge is -2.52. The Morgan fingerprint density at radius 3 is 2.51 bits per heavy atom. The second-order valence-electron chi connectivity index (χ2n) is 10.6. The number of carbonyl (C=O) groups is 1. The quantitative estimate of drug-likeness (QED) is 0.182. The summed E-state index contributed by atoms with van der Waals surface area (Å²) < 4.78 is 11.8. The van der Waals surface area contributed by atoms with Crippen LogP contribution in [0.4, 0.5) is 0 Å². The van der Waals surface area contributed by atoms with E-state index < -0.39 is 11.0 Å². The van der Waals surface area contributed by atoms with E-state index in [4.69, 9.17) is 9.47 Å². The molecule has 0 aromatic heterocycles. The molecule has 2 aromatic carbocycles. The molecular formula is C31H41NO3. The third-order valence-corrected chi connectivity index (χ3v) is 8.34. The summed E-state index contributed by atoms with van der Waals surface area (Å²) in [6, 6.07) is 18.5. The number of carbonyl (C=O) groups excluding carboxylic acids is 1. The molecule has 4 nitrogen and oxygen atoms in total. The van der Waals surface area contributed by atoms with Gasteiger partial charge in [0.05, 0.1) is 12.5 Å². The smallest absolute Gasteiger partial charge is 0.317 e. The second-order valence-corrected chi connectivity index (χ2v) is 10.6. The first-order chi connectivity index (χ1) is 17.0. The van der Waals surface area contributed by atoms with Crippen LogP contribution in [0, 0.1) is 11.8 Å². The zero-order valence-electron chi connectivity index (χ0n) is 21.4. The number of ether oxygens (including phenoxy) is 2. The van der Waals surface area contributed by atoms with Crippen molar-refractivity contribution in [2.75, 3.05) is 13.7 Å². The van der Waals surface area contributed by atoms with Crippen molar-refractivity contribution in [1.82, 2.24) is 5.32 Å². The van der Waals surface area contributed by atoms with Gasteiger partial charge in [0, 0.05) is 12.5 Å². The molecule has 0 saturated heterocycles. The summed E-state index contributed by atoms with van der Waals surface area (Å²) in [6.07, 6.45) is 10.1. The fraction of sp³-hybridized carbons (Fsp3) is 0.516. The van der Waals surface area contributed by atoms with Gasteiger partial charge in [-0.2, -0.15) is 0 Å². The Kier molecular flexibility index (Phi) is 8.33. The highest BCUT2D eigenvalue weighted by molar-refractivity contribution is 5.83. The molecule has 0 amide bonds. The second kappa shape index (κ2) is 11.4. The fourth-order valence-electron chi connectivity index (χ4n) is 6.22. The van der Waals surface area contributed by atoms with E-state index in [0.717, 1.165) is 62.9 Å². The number of hydrogen-bond donors (Lipinski definition) is 1. The van der Waals surface area contributed by atoms with E-state index in [1.54, 1.807) is 7.11 Å². The van der Waals surface area contributed by atoms with Crippen molar-refractivity contribution in [3.05, 3.63) is 78.4 Å². The summed E-state index contributed by atoms with van der Waals surface area (Å²) in [6.45, 7) is 7.85. The molecule has 2 aromatic rings. The number of rotatable bonds is 10. The molecule has 3 atom stereocenters. The van der Waals surface area contributed by atoms with Crippen LogP contribution in [0.15, 0.2) is 67.3 Å². The van der Waals surface area contributed by atoms with Gasteiger partial charge in [-0.3, -0.25) is 4.79 Å². The minimum atomic E-state index is -0.519. The Morgan fingerprint density at radius 2 is 1.83 bits per heavy atom. The molecule has 0 heterocycles. The summed E-state index contributed by atoms with van der Waals surface area (Å²) in [7, 11) is 1.69. The van der Waals surface area contributed by atoms with Gasteiger partial charge in [0.15, 0.2) is 0 Å². The van der Waals surface area contributed by atoms with Gasteiger partial charge in [-0.25, -0.2) is 0 Å². The van der Waals surface area contributed by atoms with Gasteiger partial charge in [0.2, 0.25) is 0 Å². The van der Waals surface area contributed by atoms with Crippen molar-refractivity contribution in [1.29, 1.82) is 0 Å². The Bertz CT molecular complexity index is 980. The SMILES string of the molecule is C=CC1C[C@](C)(OC(=O)C2(c3ccccc3)CCCCCC2)C1CCNCc1cccc(OC)c1. The maximum absolute atomic E-state index is 13.9. The lowest BCUT2D eigenvalue weighted by atomic mass is 9.60. The molecule has 0 spiro atoms. The highest BCUT2D eigenvalue weighted by atomic mass is 16.6. The van der Waals surface area contributed by atoms with Gasteiger partial charge in [0.25, 0.3) is 0 Å². The zero-order chi connectivity index (χ0) is 24.7. The first-order valence-electron chi connectivity index (χ1n) is 13.3. The van der Waals surface area contributed by atoms with E-state index in [1.165, 1.54) is 18.4 Å². The van der Waals surface area contributed by atoms with E-state index >= 15 is 0 Å². The van der Waals surface area contributed by atoms with Crippen LogP contribution < -0.4 is 10.1 Å². The standard InChI is InChI=1S/C31H41NO3/c1-4-25-22-30(2,28(25)17-20-32-23-24-13-12-16-27(21-24)34-3)35-29(33)31(18-10-5-6-11-19-31)26-14-8-7-9-15-26/h4,7-9,12-16,21,25,28,32H,1,5-6,10-11,17-20,22-23H2,2-3H3/t25?,28?,30-/m0/s1. The predicted octanol–water partition coefficient (Wildman–Crippen LogP) is 6.59. The summed E-state index contributed by atoms with van der Waals surface area (Å²) >= 11 is 0. The number of hydrogen-bond acceptors (Lipinski definition) is 4. The van der Waals surface area contributed by atoms with Gasteiger partial charge >= 0.3 is 5.97 Å². The molecule has 1 N–H and O–H groups in total. The molecule has 2 aliphatic carbocycles. The average Bonchev–Trinajstić information content (AvgIpc) is 3.15. The van der Waals surface area contributed by atoms with Gasteiger partial charge < -0.3 is 14.8 Å². The van der Waals surface area contributed by atoms with Crippen molar-refractivity contribution in [3.63, 3.8) is 0 Å². The van der Waals surface area contributed by atoms with Crippen LogP contribution in [-0.4, -0.2) is 25.2 Å². The van der Waals surface area contributed by atoms with Crippen molar-refractivity contribution in [2.45, 2.75) is 75.9 Å². The highest BCUT2D eigenvalue weighted by Crippen LogP contribution is 2.51. The van der Waals surface area contributed by atoms with Gasteiger partial charge in [0.1, 0.15) is 11.4 Å². The first kappa shape index (κ1) is 25.5.